The Morgan fingerprint density at radius 2 is 1.93 bits per heavy atom. The summed E-state index contributed by atoms with van der Waals surface area (Å²) in [6, 6.07) is 12.4. The zero-order chi connectivity index (χ0) is 10.7. The van der Waals surface area contributed by atoms with E-state index in [0.717, 1.165) is 11.1 Å². The molecule has 0 spiro atoms. The van der Waals surface area contributed by atoms with Crippen LogP contribution in [0.15, 0.2) is 55.4 Å². The van der Waals surface area contributed by atoms with E-state index in [2.05, 4.69) is 35.8 Å². The number of allylic oxidation sites excluding steroid dienone is 1. The molecule has 0 saturated carbocycles. The van der Waals surface area contributed by atoms with Crippen molar-refractivity contribution in [2.75, 3.05) is 0 Å². The molecule has 1 aromatic heterocycles. The zero-order valence-corrected chi connectivity index (χ0v) is 8.77. The molecule has 0 aliphatic heterocycles. The first-order valence-corrected chi connectivity index (χ1v) is 4.94. The Morgan fingerprint density at radius 3 is 2.60 bits per heavy atom. The van der Waals surface area contributed by atoms with Gasteiger partial charge in [-0.1, -0.05) is 36.4 Å². The van der Waals surface area contributed by atoms with Gasteiger partial charge in [0.2, 0.25) is 0 Å². The van der Waals surface area contributed by atoms with E-state index in [-0.39, 0.29) is 0 Å². The smallest absolute Gasteiger partial charge is 0.0346 e. The van der Waals surface area contributed by atoms with E-state index in [1.54, 1.807) is 6.20 Å². The maximum atomic E-state index is 4.11. The lowest BCUT2D eigenvalue weighted by Gasteiger charge is -2.04. The van der Waals surface area contributed by atoms with Crippen molar-refractivity contribution in [2.45, 2.75) is 6.92 Å². The second kappa shape index (κ2) is 4.09. The number of benzene rings is 1. The van der Waals surface area contributed by atoms with Gasteiger partial charge in [0.25, 0.3) is 0 Å². The van der Waals surface area contributed by atoms with Crippen LogP contribution in [0.4, 0.5) is 0 Å². The largest absolute Gasteiger partial charge is 0.264 e. The van der Waals surface area contributed by atoms with Crippen molar-refractivity contribution in [3.05, 3.63) is 60.9 Å². The quantitative estimate of drug-likeness (QED) is 0.710. The van der Waals surface area contributed by atoms with Crippen LogP contribution in [0.5, 0.6) is 0 Å². The lowest BCUT2D eigenvalue weighted by atomic mass is 10.0. The van der Waals surface area contributed by atoms with Gasteiger partial charge < -0.3 is 0 Å². The van der Waals surface area contributed by atoms with Crippen molar-refractivity contribution < 1.29 is 0 Å². The second-order valence-corrected chi connectivity index (χ2v) is 3.60. The molecule has 2 rings (SSSR count). The van der Waals surface area contributed by atoms with Gasteiger partial charge in [0, 0.05) is 18.0 Å². The van der Waals surface area contributed by atoms with Crippen LogP contribution in [0.2, 0.25) is 0 Å². The first kappa shape index (κ1) is 9.66. The van der Waals surface area contributed by atoms with Crippen molar-refractivity contribution in [1.82, 2.24) is 4.98 Å². The summed E-state index contributed by atoms with van der Waals surface area (Å²) in [4.78, 5) is 4.11. The number of hydrogen-bond donors (Lipinski definition) is 0. The van der Waals surface area contributed by atoms with Crippen molar-refractivity contribution in [2.24, 2.45) is 0 Å². The molecule has 2 aromatic rings. The Labute approximate surface area is 90.1 Å². The number of aromatic nitrogens is 1. The minimum absolute atomic E-state index is 1.08. The molecule has 0 aliphatic rings. The summed E-state index contributed by atoms with van der Waals surface area (Å²) >= 11 is 0. The van der Waals surface area contributed by atoms with Gasteiger partial charge in [0.1, 0.15) is 0 Å². The molecule has 0 bridgehead atoms. The van der Waals surface area contributed by atoms with E-state index in [0.29, 0.717) is 0 Å². The van der Waals surface area contributed by atoms with Crippen LogP contribution >= 0.6 is 0 Å². The van der Waals surface area contributed by atoms with Crippen molar-refractivity contribution in [3.63, 3.8) is 0 Å². The third-order valence-electron chi connectivity index (χ3n) is 2.35. The van der Waals surface area contributed by atoms with Crippen molar-refractivity contribution in [3.8, 4) is 11.1 Å². The molecule has 0 atom stereocenters. The third kappa shape index (κ3) is 2.13. The fourth-order valence-electron chi connectivity index (χ4n) is 1.50. The van der Waals surface area contributed by atoms with Crippen LogP contribution in [-0.2, 0) is 0 Å². The number of hydrogen-bond acceptors (Lipinski definition) is 1. The molecule has 74 valence electrons. The van der Waals surface area contributed by atoms with E-state index in [1.165, 1.54) is 11.1 Å². The highest BCUT2D eigenvalue weighted by atomic mass is 14.6. The topological polar surface area (TPSA) is 12.9 Å². The summed E-state index contributed by atoms with van der Waals surface area (Å²) in [6.07, 6.45) is 3.66. The van der Waals surface area contributed by atoms with Gasteiger partial charge in [0.05, 0.1) is 0 Å². The summed E-state index contributed by atoms with van der Waals surface area (Å²) < 4.78 is 0. The molecular weight excluding hydrogens is 182 g/mol. The van der Waals surface area contributed by atoms with Crippen LogP contribution in [-0.4, -0.2) is 4.98 Å². The molecular formula is C14H13N. The predicted molar refractivity (Wildman–Crippen MR) is 64.4 cm³/mol. The molecule has 0 radical (unpaired) electrons. The standard InChI is InChI=1S/C14H13N/c1-11(2)12-5-3-6-13(9-12)14-7-4-8-15-10-14/h3-10H,1H2,2H3. The Balaban J connectivity index is 2.46. The summed E-state index contributed by atoms with van der Waals surface area (Å²) in [6.45, 7) is 5.96. The maximum absolute atomic E-state index is 4.11. The van der Waals surface area contributed by atoms with Crippen LogP contribution < -0.4 is 0 Å². The first-order valence-electron chi connectivity index (χ1n) is 4.94. The Morgan fingerprint density at radius 1 is 1.13 bits per heavy atom. The van der Waals surface area contributed by atoms with Gasteiger partial charge in [-0.25, -0.2) is 0 Å². The predicted octanol–water partition coefficient (Wildman–Crippen LogP) is 3.78. The number of rotatable bonds is 2. The van der Waals surface area contributed by atoms with E-state index >= 15 is 0 Å². The molecule has 15 heavy (non-hydrogen) atoms. The fraction of sp³-hybridized carbons (Fsp3) is 0.0714. The summed E-state index contributed by atoms with van der Waals surface area (Å²) in [5.41, 5.74) is 4.58. The van der Waals surface area contributed by atoms with E-state index in [4.69, 9.17) is 0 Å². The van der Waals surface area contributed by atoms with Gasteiger partial charge in [-0.2, -0.15) is 0 Å². The third-order valence-corrected chi connectivity index (χ3v) is 2.35. The van der Waals surface area contributed by atoms with Gasteiger partial charge in [0.15, 0.2) is 0 Å². The Kier molecular flexibility index (Phi) is 2.64. The van der Waals surface area contributed by atoms with E-state index < -0.39 is 0 Å². The van der Waals surface area contributed by atoms with Crippen LogP contribution in [0.3, 0.4) is 0 Å². The minimum atomic E-state index is 1.08. The summed E-state index contributed by atoms with van der Waals surface area (Å²) in [5, 5.41) is 0. The number of pyridine rings is 1. The van der Waals surface area contributed by atoms with Crippen molar-refractivity contribution >= 4 is 5.57 Å². The van der Waals surface area contributed by atoms with Crippen molar-refractivity contribution in [1.29, 1.82) is 0 Å². The highest BCUT2D eigenvalue weighted by molar-refractivity contribution is 5.70. The summed E-state index contributed by atoms with van der Waals surface area (Å²) in [5.74, 6) is 0. The monoisotopic (exact) mass is 195 g/mol. The normalized spacial score (nSPS) is 9.93. The average Bonchev–Trinajstić information content (AvgIpc) is 2.30. The molecule has 1 heteroatoms. The van der Waals surface area contributed by atoms with E-state index in [1.807, 2.05) is 25.3 Å². The van der Waals surface area contributed by atoms with Gasteiger partial charge in [-0.05, 0) is 30.2 Å². The molecule has 1 heterocycles. The van der Waals surface area contributed by atoms with Crippen LogP contribution in [0.1, 0.15) is 12.5 Å². The molecule has 0 aliphatic carbocycles. The van der Waals surface area contributed by atoms with Crippen LogP contribution in [0.25, 0.3) is 16.7 Å². The molecule has 0 amide bonds. The maximum Gasteiger partial charge on any atom is 0.0346 e. The molecule has 0 unspecified atom stereocenters. The number of nitrogens with zero attached hydrogens (tertiary/aromatic N) is 1. The molecule has 0 saturated heterocycles. The fourth-order valence-corrected chi connectivity index (χ4v) is 1.50. The molecule has 0 fully saturated rings. The first-order chi connectivity index (χ1) is 7.27. The lowest BCUT2D eigenvalue weighted by Crippen LogP contribution is -1.82. The summed E-state index contributed by atoms with van der Waals surface area (Å²) in [7, 11) is 0. The van der Waals surface area contributed by atoms with Crippen LogP contribution in [0, 0.1) is 0 Å². The lowest BCUT2D eigenvalue weighted by molar-refractivity contribution is 1.33. The zero-order valence-electron chi connectivity index (χ0n) is 8.77. The Hall–Kier alpha value is -1.89. The average molecular weight is 195 g/mol. The molecule has 1 aromatic carbocycles. The molecule has 1 nitrogen and oxygen atoms in total. The minimum Gasteiger partial charge on any atom is -0.264 e. The Bertz CT molecular complexity index is 472. The van der Waals surface area contributed by atoms with Gasteiger partial charge in [-0.3, -0.25) is 4.98 Å². The highest BCUT2D eigenvalue weighted by Gasteiger charge is 1.98. The second-order valence-electron chi connectivity index (χ2n) is 3.60. The molecule has 0 N–H and O–H groups in total. The SMILES string of the molecule is C=C(C)c1cccc(-c2cccnc2)c1. The van der Waals surface area contributed by atoms with E-state index in [9.17, 15) is 0 Å². The van der Waals surface area contributed by atoms with Gasteiger partial charge in [-0.15, -0.1) is 0 Å². The highest BCUT2D eigenvalue weighted by Crippen LogP contribution is 2.21. The van der Waals surface area contributed by atoms with Gasteiger partial charge >= 0.3 is 0 Å².